The molecule has 172 valence electrons. The summed E-state index contributed by atoms with van der Waals surface area (Å²) in [5, 5.41) is 0. The van der Waals surface area contributed by atoms with Gasteiger partial charge in [-0.3, -0.25) is 14.6 Å². The predicted octanol–water partition coefficient (Wildman–Crippen LogP) is 2.30. The molecule has 4 rings (SSSR count). The molecule has 1 aromatic rings. The maximum atomic E-state index is 12.9. The fourth-order valence-electron chi connectivity index (χ4n) is 5.26. The van der Waals surface area contributed by atoms with Crippen molar-refractivity contribution in [1.82, 2.24) is 14.7 Å². The van der Waals surface area contributed by atoms with Gasteiger partial charge in [0.05, 0.1) is 20.8 Å². The van der Waals surface area contributed by atoms with Gasteiger partial charge >= 0.3 is 0 Å². The molecule has 31 heavy (non-hydrogen) atoms. The van der Waals surface area contributed by atoms with Crippen LogP contribution in [0.3, 0.4) is 0 Å². The molecule has 2 saturated heterocycles. The fraction of sp³-hybridized carbons (Fsp3) is 0.708. The Morgan fingerprint density at radius 2 is 1.55 bits per heavy atom. The van der Waals surface area contributed by atoms with Gasteiger partial charge in [0.1, 0.15) is 0 Å². The summed E-state index contributed by atoms with van der Waals surface area (Å²) in [5.41, 5.74) is 1.14. The summed E-state index contributed by atoms with van der Waals surface area (Å²) in [4.78, 5) is 22.2. The maximum Gasteiger partial charge on any atom is 0.236 e. The number of nitrogens with zero attached hydrogens (tertiary/aromatic N) is 4. The summed E-state index contributed by atoms with van der Waals surface area (Å²) in [6.45, 7) is 8.05. The minimum Gasteiger partial charge on any atom is -0.493 e. The number of hydrogen-bond acceptors (Lipinski definition) is 6. The number of amides is 1. The van der Waals surface area contributed by atoms with Crippen LogP contribution in [0.4, 0.5) is 5.69 Å². The first-order valence-electron chi connectivity index (χ1n) is 11.9. The fourth-order valence-corrected chi connectivity index (χ4v) is 5.26. The average molecular weight is 431 g/mol. The number of anilines is 1. The molecule has 3 aliphatic rings. The predicted molar refractivity (Wildman–Crippen MR) is 123 cm³/mol. The molecule has 2 heterocycles. The standard InChI is InChI=1S/C24H38N4O3/c1-30-22-9-8-21(18-23(22)31-2)27-12-10-25(11-13-27)19-24(29)28-16-14-26(15-17-28)20-6-4-3-5-7-20/h8-9,18,20H,3-7,10-17,19H2,1-2H3. The Labute approximate surface area is 186 Å². The van der Waals surface area contributed by atoms with Crippen LogP contribution in [0, 0.1) is 0 Å². The first-order valence-corrected chi connectivity index (χ1v) is 11.9. The van der Waals surface area contributed by atoms with Crippen molar-refractivity contribution in [3.8, 4) is 11.5 Å². The van der Waals surface area contributed by atoms with Crippen molar-refractivity contribution >= 4 is 11.6 Å². The lowest BCUT2D eigenvalue weighted by molar-refractivity contribution is -0.134. The summed E-state index contributed by atoms with van der Waals surface area (Å²) in [7, 11) is 3.32. The molecule has 1 amide bonds. The number of carbonyl (C=O) groups excluding carboxylic acids is 1. The Morgan fingerprint density at radius 3 is 2.19 bits per heavy atom. The average Bonchev–Trinajstić information content (AvgIpc) is 2.84. The second-order valence-corrected chi connectivity index (χ2v) is 9.01. The van der Waals surface area contributed by atoms with E-state index in [1.165, 1.54) is 32.1 Å². The van der Waals surface area contributed by atoms with Crippen molar-refractivity contribution in [3.63, 3.8) is 0 Å². The molecular formula is C24H38N4O3. The summed E-state index contributed by atoms with van der Waals surface area (Å²) in [6.07, 6.45) is 6.84. The number of ether oxygens (including phenoxy) is 2. The number of methoxy groups -OCH3 is 2. The molecule has 3 fully saturated rings. The van der Waals surface area contributed by atoms with Crippen LogP contribution in [0.5, 0.6) is 11.5 Å². The number of rotatable bonds is 6. The van der Waals surface area contributed by atoms with Gasteiger partial charge < -0.3 is 19.3 Å². The summed E-state index contributed by atoms with van der Waals surface area (Å²) in [5.74, 6) is 1.80. The van der Waals surface area contributed by atoms with Crippen molar-refractivity contribution < 1.29 is 14.3 Å². The molecule has 0 aromatic heterocycles. The third-order valence-electron chi connectivity index (χ3n) is 7.22. The first kappa shape index (κ1) is 22.2. The topological polar surface area (TPSA) is 48.5 Å². The Bertz CT molecular complexity index is 722. The molecule has 0 N–H and O–H groups in total. The van der Waals surface area contributed by atoms with Crippen molar-refractivity contribution in [2.24, 2.45) is 0 Å². The Balaban J connectivity index is 1.21. The zero-order chi connectivity index (χ0) is 21.6. The third kappa shape index (κ3) is 5.44. The van der Waals surface area contributed by atoms with Crippen LogP contribution in [0.15, 0.2) is 18.2 Å². The van der Waals surface area contributed by atoms with Crippen molar-refractivity contribution in [2.75, 3.05) is 78.0 Å². The maximum absolute atomic E-state index is 12.9. The van der Waals surface area contributed by atoms with E-state index in [2.05, 4.69) is 25.7 Å². The zero-order valence-corrected chi connectivity index (χ0v) is 19.2. The second kappa shape index (κ2) is 10.6. The molecule has 7 heteroatoms. The van der Waals surface area contributed by atoms with Gasteiger partial charge in [-0.2, -0.15) is 0 Å². The quantitative estimate of drug-likeness (QED) is 0.690. The Morgan fingerprint density at radius 1 is 0.871 bits per heavy atom. The molecular weight excluding hydrogens is 392 g/mol. The minimum absolute atomic E-state index is 0.294. The van der Waals surface area contributed by atoms with Gasteiger partial charge in [0.25, 0.3) is 0 Å². The zero-order valence-electron chi connectivity index (χ0n) is 19.2. The van der Waals surface area contributed by atoms with Crippen molar-refractivity contribution in [1.29, 1.82) is 0 Å². The van der Waals surface area contributed by atoms with Crippen LogP contribution in [-0.2, 0) is 4.79 Å². The number of carbonyl (C=O) groups is 1. The van der Waals surface area contributed by atoms with E-state index in [4.69, 9.17) is 9.47 Å². The molecule has 1 aliphatic carbocycles. The highest BCUT2D eigenvalue weighted by molar-refractivity contribution is 5.78. The van der Waals surface area contributed by atoms with E-state index in [0.717, 1.165) is 75.6 Å². The van der Waals surface area contributed by atoms with E-state index < -0.39 is 0 Å². The van der Waals surface area contributed by atoms with Crippen LogP contribution in [0.25, 0.3) is 0 Å². The molecule has 1 aromatic carbocycles. The molecule has 0 bridgehead atoms. The number of benzene rings is 1. The normalized spacial score (nSPS) is 21.9. The van der Waals surface area contributed by atoms with Gasteiger partial charge in [-0.25, -0.2) is 0 Å². The lowest BCUT2D eigenvalue weighted by Gasteiger charge is -2.41. The van der Waals surface area contributed by atoms with E-state index in [1.54, 1.807) is 14.2 Å². The molecule has 0 atom stereocenters. The van der Waals surface area contributed by atoms with E-state index in [9.17, 15) is 4.79 Å². The van der Waals surface area contributed by atoms with Crippen molar-refractivity contribution in [2.45, 2.75) is 38.1 Å². The molecule has 1 saturated carbocycles. The molecule has 0 spiro atoms. The number of hydrogen-bond donors (Lipinski definition) is 0. The lowest BCUT2D eigenvalue weighted by atomic mass is 9.94. The highest BCUT2D eigenvalue weighted by Crippen LogP contribution is 2.32. The van der Waals surface area contributed by atoms with Crippen LogP contribution in [0.2, 0.25) is 0 Å². The van der Waals surface area contributed by atoms with E-state index in [1.807, 2.05) is 12.1 Å². The van der Waals surface area contributed by atoms with Crippen molar-refractivity contribution in [3.05, 3.63) is 18.2 Å². The summed E-state index contributed by atoms with van der Waals surface area (Å²) in [6, 6.07) is 6.83. The monoisotopic (exact) mass is 430 g/mol. The van der Waals surface area contributed by atoms with Gasteiger partial charge in [0, 0.05) is 70.2 Å². The lowest BCUT2D eigenvalue weighted by Crippen LogP contribution is -2.55. The summed E-state index contributed by atoms with van der Waals surface area (Å²) < 4.78 is 10.8. The SMILES string of the molecule is COc1ccc(N2CCN(CC(=O)N3CCN(C4CCCCC4)CC3)CC2)cc1OC. The number of piperazine rings is 2. The van der Waals surface area contributed by atoms with E-state index in [-0.39, 0.29) is 0 Å². The van der Waals surface area contributed by atoms with E-state index >= 15 is 0 Å². The molecule has 0 radical (unpaired) electrons. The molecule has 2 aliphatic heterocycles. The van der Waals surface area contributed by atoms with E-state index in [0.29, 0.717) is 12.5 Å². The second-order valence-electron chi connectivity index (χ2n) is 9.01. The summed E-state index contributed by atoms with van der Waals surface area (Å²) >= 11 is 0. The van der Waals surface area contributed by atoms with Crippen LogP contribution in [-0.4, -0.2) is 99.8 Å². The molecule has 7 nitrogen and oxygen atoms in total. The van der Waals surface area contributed by atoms with Gasteiger partial charge in [-0.1, -0.05) is 19.3 Å². The van der Waals surface area contributed by atoms with Gasteiger partial charge in [0.15, 0.2) is 11.5 Å². The van der Waals surface area contributed by atoms with Gasteiger partial charge in [-0.15, -0.1) is 0 Å². The third-order valence-corrected chi connectivity index (χ3v) is 7.22. The van der Waals surface area contributed by atoms with Crippen LogP contribution < -0.4 is 14.4 Å². The smallest absolute Gasteiger partial charge is 0.236 e. The minimum atomic E-state index is 0.294. The van der Waals surface area contributed by atoms with Crippen LogP contribution >= 0.6 is 0 Å². The first-order chi connectivity index (χ1) is 15.2. The largest absolute Gasteiger partial charge is 0.493 e. The molecule has 0 unspecified atom stereocenters. The highest BCUT2D eigenvalue weighted by Gasteiger charge is 2.28. The van der Waals surface area contributed by atoms with Gasteiger partial charge in [0.2, 0.25) is 5.91 Å². The Hall–Kier alpha value is -1.99. The Kier molecular flexibility index (Phi) is 7.56. The highest BCUT2D eigenvalue weighted by atomic mass is 16.5. The van der Waals surface area contributed by atoms with Crippen LogP contribution in [0.1, 0.15) is 32.1 Å². The van der Waals surface area contributed by atoms with Gasteiger partial charge in [-0.05, 0) is 25.0 Å².